The Bertz CT molecular complexity index is 1230. The number of ether oxygens (including phenoxy) is 4. The first-order chi connectivity index (χ1) is 15.4. The summed E-state index contributed by atoms with van der Waals surface area (Å²) >= 11 is 6.30. The van der Waals surface area contributed by atoms with Crippen molar-refractivity contribution in [2.45, 2.75) is 20.0 Å². The minimum absolute atomic E-state index is 0.115. The standard InChI is InChI=1S/C24H23ClO7/c1-5-14-8-20-17(11-18(14)25)16(10-24(27)32-20)13-31-23(26)7-6-15-9-21(29-3)22(30-4)12-19(15)28-2/h6-12H,5,13H2,1-4H3/b7-6+. The molecule has 3 aromatic rings. The number of aryl methyl sites for hydroxylation is 1. The van der Waals surface area contributed by atoms with Gasteiger partial charge in [-0.2, -0.15) is 0 Å². The van der Waals surface area contributed by atoms with E-state index in [4.69, 9.17) is 35.0 Å². The minimum atomic E-state index is -0.598. The van der Waals surface area contributed by atoms with Crippen LogP contribution in [0.15, 0.2) is 45.6 Å². The molecule has 0 saturated carbocycles. The van der Waals surface area contributed by atoms with Crippen molar-refractivity contribution in [1.29, 1.82) is 0 Å². The van der Waals surface area contributed by atoms with E-state index in [0.717, 1.165) is 5.56 Å². The van der Waals surface area contributed by atoms with Gasteiger partial charge >= 0.3 is 11.6 Å². The van der Waals surface area contributed by atoms with Crippen LogP contribution >= 0.6 is 11.6 Å². The summed E-state index contributed by atoms with van der Waals surface area (Å²) in [5.74, 6) is 0.898. The Morgan fingerprint density at radius 3 is 2.31 bits per heavy atom. The third-order valence-electron chi connectivity index (χ3n) is 4.88. The first-order valence-corrected chi connectivity index (χ1v) is 10.2. The molecule has 1 aromatic heterocycles. The molecule has 0 aliphatic rings. The quantitative estimate of drug-likeness (QED) is 0.272. The van der Waals surface area contributed by atoms with Gasteiger partial charge in [0.25, 0.3) is 0 Å². The van der Waals surface area contributed by atoms with Crippen LogP contribution < -0.4 is 19.8 Å². The maximum Gasteiger partial charge on any atom is 0.336 e. The second kappa shape index (κ2) is 10.2. The smallest absolute Gasteiger partial charge is 0.336 e. The molecule has 0 bridgehead atoms. The van der Waals surface area contributed by atoms with Crippen molar-refractivity contribution < 1.29 is 28.2 Å². The van der Waals surface area contributed by atoms with Gasteiger partial charge < -0.3 is 23.4 Å². The Morgan fingerprint density at radius 1 is 0.969 bits per heavy atom. The molecular weight excluding hydrogens is 436 g/mol. The van der Waals surface area contributed by atoms with Gasteiger partial charge in [-0.3, -0.25) is 0 Å². The number of methoxy groups -OCH3 is 3. The molecule has 32 heavy (non-hydrogen) atoms. The van der Waals surface area contributed by atoms with E-state index >= 15 is 0 Å². The third kappa shape index (κ3) is 5.06. The molecule has 168 valence electrons. The zero-order chi connectivity index (χ0) is 23.3. The number of hydrogen-bond acceptors (Lipinski definition) is 7. The fourth-order valence-electron chi connectivity index (χ4n) is 3.22. The molecule has 0 aliphatic carbocycles. The molecule has 7 nitrogen and oxygen atoms in total. The Morgan fingerprint density at radius 2 is 1.66 bits per heavy atom. The molecule has 0 atom stereocenters. The molecular formula is C24H23ClO7. The van der Waals surface area contributed by atoms with Gasteiger partial charge in [0.1, 0.15) is 17.9 Å². The largest absolute Gasteiger partial charge is 0.496 e. The maximum absolute atomic E-state index is 12.3. The summed E-state index contributed by atoms with van der Waals surface area (Å²) in [5.41, 5.74) is 1.84. The molecule has 0 N–H and O–H groups in total. The van der Waals surface area contributed by atoms with Gasteiger partial charge in [-0.25, -0.2) is 9.59 Å². The van der Waals surface area contributed by atoms with Crippen molar-refractivity contribution in [3.05, 3.63) is 68.5 Å². The lowest BCUT2D eigenvalue weighted by atomic mass is 10.1. The van der Waals surface area contributed by atoms with Gasteiger partial charge in [0, 0.05) is 39.7 Å². The van der Waals surface area contributed by atoms with E-state index in [1.165, 1.54) is 33.5 Å². The normalized spacial score (nSPS) is 11.0. The average molecular weight is 459 g/mol. The topological polar surface area (TPSA) is 84.2 Å². The molecule has 0 radical (unpaired) electrons. The van der Waals surface area contributed by atoms with Crippen molar-refractivity contribution in [2.75, 3.05) is 21.3 Å². The Labute approximate surface area is 190 Å². The number of fused-ring (bicyclic) bond motifs is 1. The number of halogens is 1. The second-order valence-electron chi connectivity index (χ2n) is 6.77. The summed E-state index contributed by atoms with van der Waals surface area (Å²) < 4.78 is 26.5. The van der Waals surface area contributed by atoms with E-state index in [-0.39, 0.29) is 6.61 Å². The Kier molecular flexibility index (Phi) is 7.43. The zero-order valence-electron chi connectivity index (χ0n) is 18.2. The zero-order valence-corrected chi connectivity index (χ0v) is 18.9. The van der Waals surface area contributed by atoms with Gasteiger partial charge in [-0.05, 0) is 36.3 Å². The molecule has 0 spiro atoms. The molecule has 2 aromatic carbocycles. The van der Waals surface area contributed by atoms with E-state index in [0.29, 0.717) is 50.8 Å². The fourth-order valence-corrected chi connectivity index (χ4v) is 3.51. The summed E-state index contributed by atoms with van der Waals surface area (Å²) in [6.07, 6.45) is 3.51. The lowest BCUT2D eigenvalue weighted by Crippen LogP contribution is -2.06. The van der Waals surface area contributed by atoms with Gasteiger partial charge in [-0.15, -0.1) is 0 Å². The molecule has 0 fully saturated rings. The van der Waals surface area contributed by atoms with Gasteiger partial charge in [0.05, 0.1) is 21.3 Å². The molecule has 8 heteroatoms. The van der Waals surface area contributed by atoms with Crippen molar-refractivity contribution in [3.63, 3.8) is 0 Å². The van der Waals surface area contributed by atoms with Crippen LogP contribution in [0.2, 0.25) is 5.02 Å². The predicted octanol–water partition coefficient (Wildman–Crippen LogP) is 4.79. The van der Waals surface area contributed by atoms with Crippen LogP contribution in [0.4, 0.5) is 0 Å². The molecule has 0 aliphatic heterocycles. The molecule has 1 heterocycles. The maximum atomic E-state index is 12.3. The van der Waals surface area contributed by atoms with Gasteiger partial charge in [-0.1, -0.05) is 18.5 Å². The van der Waals surface area contributed by atoms with Crippen LogP contribution in [-0.4, -0.2) is 27.3 Å². The molecule has 0 unspecified atom stereocenters. The average Bonchev–Trinajstić information content (AvgIpc) is 2.80. The van der Waals surface area contributed by atoms with Crippen LogP contribution in [0.25, 0.3) is 17.0 Å². The summed E-state index contributed by atoms with van der Waals surface area (Å²) in [5, 5.41) is 1.17. The van der Waals surface area contributed by atoms with Crippen molar-refractivity contribution in [2.24, 2.45) is 0 Å². The van der Waals surface area contributed by atoms with Crippen molar-refractivity contribution >= 4 is 34.6 Å². The van der Waals surface area contributed by atoms with Crippen LogP contribution in [0, 0.1) is 0 Å². The number of esters is 1. The first kappa shape index (κ1) is 23.2. The van der Waals surface area contributed by atoms with Gasteiger partial charge in [0.15, 0.2) is 11.5 Å². The lowest BCUT2D eigenvalue weighted by molar-refractivity contribution is -0.138. The highest BCUT2D eigenvalue weighted by molar-refractivity contribution is 6.32. The van der Waals surface area contributed by atoms with Crippen molar-refractivity contribution in [1.82, 2.24) is 0 Å². The number of benzene rings is 2. The summed E-state index contributed by atoms with van der Waals surface area (Å²) in [4.78, 5) is 24.3. The first-order valence-electron chi connectivity index (χ1n) is 9.80. The highest BCUT2D eigenvalue weighted by Crippen LogP contribution is 2.35. The highest BCUT2D eigenvalue weighted by Gasteiger charge is 2.12. The second-order valence-corrected chi connectivity index (χ2v) is 7.18. The van der Waals surface area contributed by atoms with Crippen LogP contribution in [0.1, 0.15) is 23.6 Å². The SMILES string of the molecule is CCc1cc2oc(=O)cc(COC(=O)/C=C/c3cc(OC)c(OC)cc3OC)c2cc1Cl. The molecule has 3 rings (SSSR count). The van der Waals surface area contributed by atoms with E-state index < -0.39 is 11.6 Å². The number of hydrogen-bond donors (Lipinski definition) is 0. The van der Waals surface area contributed by atoms with E-state index in [2.05, 4.69) is 0 Å². The number of carbonyl (C=O) groups excluding carboxylic acids is 1. The molecule has 0 amide bonds. The monoisotopic (exact) mass is 458 g/mol. The number of rotatable bonds is 8. The molecule has 0 saturated heterocycles. The van der Waals surface area contributed by atoms with E-state index in [9.17, 15) is 9.59 Å². The lowest BCUT2D eigenvalue weighted by Gasteiger charge is -2.12. The highest BCUT2D eigenvalue weighted by atomic mass is 35.5. The predicted molar refractivity (Wildman–Crippen MR) is 122 cm³/mol. The summed E-state index contributed by atoms with van der Waals surface area (Å²) in [7, 11) is 4.55. The van der Waals surface area contributed by atoms with E-state index in [1.54, 1.807) is 30.3 Å². The fraction of sp³-hybridized carbons (Fsp3) is 0.250. The summed E-state index contributed by atoms with van der Waals surface area (Å²) in [6.45, 7) is 1.84. The van der Waals surface area contributed by atoms with Crippen LogP contribution in [0.3, 0.4) is 0 Å². The van der Waals surface area contributed by atoms with Crippen molar-refractivity contribution in [3.8, 4) is 17.2 Å². The third-order valence-corrected chi connectivity index (χ3v) is 5.23. The minimum Gasteiger partial charge on any atom is -0.496 e. The number of carbonyl (C=O) groups is 1. The van der Waals surface area contributed by atoms with Crippen LogP contribution in [-0.2, 0) is 22.6 Å². The Hall–Kier alpha value is -3.45. The van der Waals surface area contributed by atoms with Gasteiger partial charge in [0.2, 0.25) is 0 Å². The van der Waals surface area contributed by atoms with Crippen LogP contribution in [0.5, 0.6) is 17.2 Å². The summed E-state index contributed by atoms with van der Waals surface area (Å²) in [6, 6.07) is 8.08. The Balaban J connectivity index is 1.81. The van der Waals surface area contributed by atoms with E-state index in [1.807, 2.05) is 6.92 Å².